The summed E-state index contributed by atoms with van der Waals surface area (Å²) in [6.45, 7) is 1.03. The number of benzene rings is 4. The van der Waals surface area contributed by atoms with Crippen molar-refractivity contribution < 1.29 is 71.7 Å². The Kier molecular flexibility index (Phi) is 24.5. The molecule has 4 aromatic rings. The van der Waals surface area contributed by atoms with Crippen LogP contribution < -0.4 is 18.9 Å². The molecule has 0 bridgehead atoms. The molecule has 0 unspecified atom stereocenters. The first-order valence-electron chi connectivity index (χ1n) is 23.5. The maximum atomic E-state index is 13.5. The van der Waals surface area contributed by atoms with Crippen molar-refractivity contribution in [1.29, 1.82) is 0 Å². The van der Waals surface area contributed by atoms with Crippen molar-refractivity contribution >= 4 is 53.4 Å². The predicted octanol–water partition coefficient (Wildman–Crippen LogP) is 10.6. The van der Waals surface area contributed by atoms with Gasteiger partial charge in [-0.05, 0) is 104 Å². The topological polar surface area (TPSA) is 245 Å². The highest BCUT2D eigenvalue weighted by Gasteiger charge is 2.21. The van der Waals surface area contributed by atoms with Gasteiger partial charge in [0.05, 0.1) is 74.8 Å². The second kappa shape index (κ2) is 31.2. The van der Waals surface area contributed by atoms with Gasteiger partial charge in [0.25, 0.3) is 11.4 Å². The maximum absolute atomic E-state index is 13.5. The van der Waals surface area contributed by atoms with E-state index in [0.717, 1.165) is 88.0 Å². The summed E-state index contributed by atoms with van der Waals surface area (Å²) in [5.74, 6) is -1.59. The molecule has 0 amide bonds. The highest BCUT2D eigenvalue weighted by molar-refractivity contribution is 5.95. The number of rotatable bonds is 32. The van der Waals surface area contributed by atoms with Crippen LogP contribution in [-0.2, 0) is 28.5 Å². The van der Waals surface area contributed by atoms with Crippen molar-refractivity contribution in [3.63, 3.8) is 0 Å². The second-order valence-electron chi connectivity index (χ2n) is 16.1. The quantitative estimate of drug-likeness (QED) is 0.00839. The van der Waals surface area contributed by atoms with E-state index in [-0.39, 0.29) is 41.4 Å². The normalized spacial score (nSPS) is 10.9. The summed E-state index contributed by atoms with van der Waals surface area (Å²) in [5.41, 5.74) is 0.405. The van der Waals surface area contributed by atoms with Crippen LogP contribution in [0.25, 0.3) is 12.2 Å². The number of hydrogen-bond acceptors (Lipinski definition) is 17. The number of carbonyl (C=O) groups is 5. The van der Waals surface area contributed by atoms with Crippen molar-refractivity contribution in [1.82, 2.24) is 0 Å². The Morgan fingerprint density at radius 2 is 0.944 bits per heavy atom. The lowest BCUT2D eigenvalue weighted by molar-refractivity contribution is -0.394. The van der Waals surface area contributed by atoms with E-state index in [0.29, 0.717) is 49.5 Å². The van der Waals surface area contributed by atoms with Crippen molar-refractivity contribution in [3.8, 4) is 23.0 Å². The molecule has 0 N–H and O–H groups in total. The van der Waals surface area contributed by atoms with E-state index < -0.39 is 51.1 Å². The average molecular weight is 997 g/mol. The Bertz CT molecular complexity index is 2490. The van der Waals surface area contributed by atoms with Gasteiger partial charge in [0.2, 0.25) is 0 Å². The zero-order valence-corrected chi connectivity index (χ0v) is 40.7. The first kappa shape index (κ1) is 56.5. The second-order valence-corrected chi connectivity index (χ2v) is 16.1. The van der Waals surface area contributed by atoms with Crippen LogP contribution in [0.1, 0.15) is 126 Å². The monoisotopic (exact) mass is 996 g/mol. The Hall–Kier alpha value is -8.09. The number of nitro benzene ring substituents is 2. The summed E-state index contributed by atoms with van der Waals surface area (Å²) in [6.07, 6.45) is 16.5. The molecule has 0 spiro atoms. The maximum Gasteiger partial charge on any atom is 0.343 e. The molecule has 19 nitrogen and oxygen atoms in total. The third-order valence-electron chi connectivity index (χ3n) is 10.8. The fraction of sp³-hybridized carbons (Fsp3) is 0.377. The van der Waals surface area contributed by atoms with Crippen molar-refractivity contribution in [3.05, 3.63) is 139 Å². The predicted molar refractivity (Wildman–Crippen MR) is 264 cm³/mol. The van der Waals surface area contributed by atoms with E-state index in [1.165, 1.54) is 32.4 Å². The number of esters is 5. The third kappa shape index (κ3) is 20.1. The Morgan fingerprint density at radius 1 is 0.472 bits per heavy atom. The molecule has 384 valence electrons. The lowest BCUT2D eigenvalue weighted by Crippen LogP contribution is -2.12. The molecule has 0 saturated carbocycles. The van der Waals surface area contributed by atoms with Gasteiger partial charge < -0.3 is 37.9 Å². The van der Waals surface area contributed by atoms with Gasteiger partial charge in [-0.3, -0.25) is 20.2 Å². The van der Waals surface area contributed by atoms with Crippen molar-refractivity contribution in [2.24, 2.45) is 0 Å². The van der Waals surface area contributed by atoms with Crippen LogP contribution in [0.4, 0.5) is 11.4 Å². The van der Waals surface area contributed by atoms with Crippen LogP contribution in [0.5, 0.6) is 23.0 Å². The molecule has 19 heteroatoms. The summed E-state index contributed by atoms with van der Waals surface area (Å²) >= 11 is 0. The van der Waals surface area contributed by atoms with E-state index in [1.807, 2.05) is 6.07 Å². The van der Waals surface area contributed by atoms with Gasteiger partial charge >= 0.3 is 29.8 Å². The molecule has 4 rings (SSSR count). The molecule has 0 fully saturated rings. The van der Waals surface area contributed by atoms with Gasteiger partial charge in [-0.15, -0.1) is 0 Å². The zero-order valence-electron chi connectivity index (χ0n) is 40.7. The molecule has 0 saturated heterocycles. The van der Waals surface area contributed by atoms with Crippen molar-refractivity contribution in [2.45, 2.75) is 83.5 Å². The molecule has 0 heterocycles. The minimum atomic E-state index is -0.860. The molecule has 0 aliphatic heterocycles. The van der Waals surface area contributed by atoms with Crippen LogP contribution in [-0.4, -0.2) is 87.5 Å². The number of carbonyl (C=O) groups excluding carboxylic acids is 5. The van der Waals surface area contributed by atoms with E-state index in [4.69, 9.17) is 28.4 Å². The first-order chi connectivity index (χ1) is 34.8. The van der Waals surface area contributed by atoms with E-state index >= 15 is 0 Å². The molecule has 0 aliphatic rings. The van der Waals surface area contributed by atoms with Crippen LogP contribution in [0.3, 0.4) is 0 Å². The lowest BCUT2D eigenvalue weighted by Gasteiger charge is -2.14. The molecule has 0 aromatic heterocycles. The highest BCUT2D eigenvalue weighted by atomic mass is 16.6. The van der Waals surface area contributed by atoms with E-state index in [2.05, 4.69) is 9.47 Å². The SMILES string of the molecule is COC(=O)C=Cc1ccc(C(=O)Oc2ccc(OCCCCCCOc3ccc(C=CC(=O)OC)cc3OC)c(C(=O)OCCCCCCCCCCCOC(=O)c3cc([N+](=O)[O-])cc([N+](=O)[O-])c3)c2)cc1. The zero-order chi connectivity index (χ0) is 52.1. The number of hydrogen-bond donors (Lipinski definition) is 0. The minimum Gasteiger partial charge on any atom is -0.493 e. The van der Waals surface area contributed by atoms with Gasteiger partial charge in [0.1, 0.15) is 17.1 Å². The Labute approximate surface area is 417 Å². The van der Waals surface area contributed by atoms with Crippen LogP contribution in [0.2, 0.25) is 0 Å². The van der Waals surface area contributed by atoms with E-state index in [9.17, 15) is 44.2 Å². The number of unbranched alkanes of at least 4 members (excludes halogenated alkanes) is 11. The Balaban J connectivity index is 1.19. The standard InChI is InChI=1S/C53H60N2O17/c1-65-48-33-39(21-28-50(57)67-3)19-25-47(48)69-30-14-12-11-13-29-68-46-26-24-44(72-52(59)40-22-17-38(18-23-40)20-27-49(56)66-2)37-45(46)53(60)71-32-16-10-8-6-4-5-7-9-15-31-70-51(58)41-34-42(54(61)62)36-43(35-41)55(63)64/h17-28,33-37H,4-16,29-32H2,1-3H3. The molecule has 0 aliphatic carbocycles. The van der Waals surface area contributed by atoms with Gasteiger partial charge in [0, 0.05) is 24.3 Å². The fourth-order valence-electron chi connectivity index (χ4n) is 6.90. The van der Waals surface area contributed by atoms with Crippen LogP contribution in [0, 0.1) is 20.2 Å². The number of ether oxygens (including phenoxy) is 8. The summed E-state index contributed by atoms with van der Waals surface area (Å²) in [7, 11) is 4.13. The summed E-state index contributed by atoms with van der Waals surface area (Å²) in [5, 5.41) is 22.2. The van der Waals surface area contributed by atoms with Gasteiger partial charge in [-0.25, -0.2) is 24.0 Å². The van der Waals surface area contributed by atoms with Crippen LogP contribution in [0.15, 0.2) is 91.0 Å². The fourth-order valence-corrected chi connectivity index (χ4v) is 6.90. The third-order valence-corrected chi connectivity index (χ3v) is 10.8. The molecular weight excluding hydrogens is 937 g/mol. The Morgan fingerprint density at radius 3 is 1.47 bits per heavy atom. The molecule has 0 atom stereocenters. The van der Waals surface area contributed by atoms with Crippen molar-refractivity contribution in [2.75, 3.05) is 47.8 Å². The summed E-state index contributed by atoms with van der Waals surface area (Å²) < 4.78 is 43.2. The smallest absolute Gasteiger partial charge is 0.343 e. The number of non-ortho nitro benzene ring substituents is 2. The molecular formula is C53H60N2O17. The largest absolute Gasteiger partial charge is 0.493 e. The summed E-state index contributed by atoms with van der Waals surface area (Å²) in [4.78, 5) is 82.4. The highest BCUT2D eigenvalue weighted by Crippen LogP contribution is 2.30. The molecule has 72 heavy (non-hydrogen) atoms. The van der Waals surface area contributed by atoms with Gasteiger partial charge in [0.15, 0.2) is 11.5 Å². The number of nitrogens with zero attached hydrogens (tertiary/aromatic N) is 2. The minimum absolute atomic E-state index is 0.0825. The van der Waals surface area contributed by atoms with Crippen LogP contribution >= 0.6 is 0 Å². The van der Waals surface area contributed by atoms with Gasteiger partial charge in [-0.2, -0.15) is 0 Å². The number of nitro groups is 2. The number of methoxy groups -OCH3 is 3. The van der Waals surface area contributed by atoms with E-state index in [1.54, 1.807) is 67.8 Å². The lowest BCUT2D eigenvalue weighted by atomic mass is 10.1. The molecule has 4 aromatic carbocycles. The average Bonchev–Trinajstić information content (AvgIpc) is 3.39. The van der Waals surface area contributed by atoms with Gasteiger partial charge in [-0.1, -0.05) is 63.1 Å². The molecule has 0 radical (unpaired) electrons. The first-order valence-corrected chi connectivity index (χ1v) is 23.5. The summed E-state index contributed by atoms with van der Waals surface area (Å²) in [6, 6.07) is 19.0.